The molecule has 0 saturated carbocycles. The number of nitrogens with one attached hydrogen (secondary N) is 1. The van der Waals surface area contributed by atoms with Crippen LogP contribution in [0, 0.1) is 13.8 Å². The first-order valence-electron chi connectivity index (χ1n) is 6.48. The molecule has 4 nitrogen and oxygen atoms in total. The summed E-state index contributed by atoms with van der Waals surface area (Å²) in [5.74, 6) is -0.545. The number of rotatable bonds is 6. The van der Waals surface area contributed by atoms with E-state index in [1.807, 2.05) is 19.9 Å². The molecule has 118 valence electrons. The Hall–Kier alpha value is -1.60. The minimum absolute atomic E-state index is 0.208. The van der Waals surface area contributed by atoms with E-state index < -0.39 is 31.8 Å². The van der Waals surface area contributed by atoms with E-state index in [1.165, 1.54) is 0 Å². The van der Waals surface area contributed by atoms with Gasteiger partial charge in [0, 0.05) is 12.2 Å². The van der Waals surface area contributed by atoms with E-state index in [1.54, 1.807) is 12.1 Å². The van der Waals surface area contributed by atoms with Crippen LogP contribution in [0.5, 0.6) is 0 Å². The molecule has 1 rings (SSSR count). The zero-order valence-corrected chi connectivity index (χ0v) is 12.0. The zero-order valence-electron chi connectivity index (χ0n) is 12.0. The lowest BCUT2D eigenvalue weighted by molar-refractivity contribution is -0.148. The molecule has 21 heavy (non-hydrogen) atoms. The van der Waals surface area contributed by atoms with Crippen LogP contribution < -0.4 is 5.32 Å². The number of aryl methyl sites for hydroxylation is 2. The van der Waals surface area contributed by atoms with Gasteiger partial charge in [-0.3, -0.25) is 9.69 Å². The number of amides is 1. The van der Waals surface area contributed by atoms with Crippen LogP contribution in [0.25, 0.3) is 0 Å². The van der Waals surface area contributed by atoms with Gasteiger partial charge in [0.1, 0.15) is 0 Å². The quantitative estimate of drug-likeness (QED) is 0.846. The summed E-state index contributed by atoms with van der Waals surface area (Å²) in [5, 5.41) is 11.3. The highest BCUT2D eigenvalue weighted by atomic mass is 19.4. The molecule has 0 unspecified atom stereocenters. The van der Waals surface area contributed by atoms with Gasteiger partial charge in [0.25, 0.3) is 0 Å². The number of aliphatic hydroxyl groups excluding tert-OH is 1. The molecule has 0 radical (unpaired) electrons. The fourth-order valence-electron chi connectivity index (χ4n) is 1.83. The Balaban J connectivity index is 2.62. The first kappa shape index (κ1) is 17.5. The third kappa shape index (κ3) is 6.59. The molecule has 1 aromatic rings. The van der Waals surface area contributed by atoms with E-state index >= 15 is 0 Å². The van der Waals surface area contributed by atoms with Crippen molar-refractivity contribution < 1.29 is 23.1 Å². The summed E-state index contributed by atoms with van der Waals surface area (Å²) in [5.41, 5.74) is 2.58. The van der Waals surface area contributed by atoms with Crippen LogP contribution in [0.1, 0.15) is 11.1 Å². The maximum absolute atomic E-state index is 12.3. The third-order valence-electron chi connectivity index (χ3n) is 2.98. The number of benzene rings is 1. The first-order valence-corrected chi connectivity index (χ1v) is 6.48. The van der Waals surface area contributed by atoms with Crippen molar-refractivity contribution in [2.75, 3.05) is 31.6 Å². The van der Waals surface area contributed by atoms with Gasteiger partial charge in [-0.15, -0.1) is 0 Å². The van der Waals surface area contributed by atoms with Crippen molar-refractivity contribution in [1.82, 2.24) is 4.90 Å². The van der Waals surface area contributed by atoms with Crippen molar-refractivity contribution in [3.8, 4) is 0 Å². The Morgan fingerprint density at radius 3 is 2.48 bits per heavy atom. The van der Waals surface area contributed by atoms with E-state index in [2.05, 4.69) is 5.32 Å². The number of hydrogen-bond acceptors (Lipinski definition) is 3. The monoisotopic (exact) mass is 304 g/mol. The molecule has 0 saturated heterocycles. The van der Waals surface area contributed by atoms with Crippen LogP contribution in [0.4, 0.5) is 18.9 Å². The summed E-state index contributed by atoms with van der Waals surface area (Å²) >= 11 is 0. The van der Waals surface area contributed by atoms with Crippen molar-refractivity contribution in [1.29, 1.82) is 0 Å². The summed E-state index contributed by atoms with van der Waals surface area (Å²) in [7, 11) is 0. The van der Waals surface area contributed by atoms with Crippen molar-refractivity contribution >= 4 is 11.6 Å². The van der Waals surface area contributed by atoms with Crippen molar-refractivity contribution in [2.24, 2.45) is 0 Å². The lowest BCUT2D eigenvalue weighted by Gasteiger charge is -2.22. The van der Waals surface area contributed by atoms with E-state index in [4.69, 9.17) is 5.11 Å². The second-order valence-corrected chi connectivity index (χ2v) is 4.90. The summed E-state index contributed by atoms with van der Waals surface area (Å²) in [6.07, 6.45) is -4.41. The molecule has 7 heteroatoms. The highest BCUT2D eigenvalue weighted by molar-refractivity contribution is 5.92. The SMILES string of the molecule is Cc1ccc(NC(=O)CN(CCO)CC(F)(F)F)cc1C. The summed E-state index contributed by atoms with van der Waals surface area (Å²) < 4.78 is 37.0. The normalized spacial score (nSPS) is 11.8. The molecular weight excluding hydrogens is 285 g/mol. The fourth-order valence-corrected chi connectivity index (χ4v) is 1.83. The number of carbonyl (C=O) groups excluding carboxylic acids is 1. The zero-order chi connectivity index (χ0) is 16.0. The standard InChI is InChI=1S/C14H19F3N2O2/c1-10-3-4-12(7-11(10)2)18-13(21)8-19(5-6-20)9-14(15,16)17/h3-4,7,20H,5-6,8-9H2,1-2H3,(H,18,21). The summed E-state index contributed by atoms with van der Waals surface area (Å²) in [4.78, 5) is 12.6. The molecule has 0 heterocycles. The average molecular weight is 304 g/mol. The maximum Gasteiger partial charge on any atom is 0.401 e. The Morgan fingerprint density at radius 1 is 1.29 bits per heavy atom. The molecule has 2 N–H and O–H groups in total. The van der Waals surface area contributed by atoms with E-state index in [-0.39, 0.29) is 6.54 Å². The van der Waals surface area contributed by atoms with Gasteiger partial charge in [0.2, 0.25) is 5.91 Å². The van der Waals surface area contributed by atoms with Gasteiger partial charge in [-0.2, -0.15) is 13.2 Å². The van der Waals surface area contributed by atoms with Gasteiger partial charge >= 0.3 is 6.18 Å². The first-order chi connectivity index (χ1) is 9.71. The molecule has 0 bridgehead atoms. The lowest BCUT2D eigenvalue weighted by atomic mass is 10.1. The largest absolute Gasteiger partial charge is 0.401 e. The molecular formula is C14H19F3N2O2. The average Bonchev–Trinajstić information content (AvgIpc) is 2.32. The third-order valence-corrected chi connectivity index (χ3v) is 2.98. The highest BCUT2D eigenvalue weighted by Gasteiger charge is 2.31. The molecule has 0 spiro atoms. The number of halogens is 3. The van der Waals surface area contributed by atoms with Crippen LogP contribution in [0.3, 0.4) is 0 Å². The highest BCUT2D eigenvalue weighted by Crippen LogP contribution is 2.17. The van der Waals surface area contributed by atoms with Crippen LogP contribution in [-0.2, 0) is 4.79 Å². The number of carbonyl (C=O) groups is 1. The van der Waals surface area contributed by atoms with Crippen LogP contribution in [-0.4, -0.2) is 48.3 Å². The van der Waals surface area contributed by atoms with Crippen molar-refractivity contribution in [3.05, 3.63) is 29.3 Å². The van der Waals surface area contributed by atoms with Gasteiger partial charge in [-0.05, 0) is 37.1 Å². The summed E-state index contributed by atoms with van der Waals surface area (Å²) in [6, 6.07) is 5.28. The second-order valence-electron chi connectivity index (χ2n) is 4.90. The Labute approximate surface area is 121 Å². The fraction of sp³-hybridized carbons (Fsp3) is 0.500. The topological polar surface area (TPSA) is 52.6 Å². The van der Waals surface area contributed by atoms with E-state index in [0.717, 1.165) is 16.0 Å². The number of alkyl halides is 3. The molecule has 0 aromatic heterocycles. The van der Waals surface area contributed by atoms with Crippen LogP contribution in [0.2, 0.25) is 0 Å². The van der Waals surface area contributed by atoms with Crippen molar-refractivity contribution in [2.45, 2.75) is 20.0 Å². The molecule has 1 amide bonds. The van der Waals surface area contributed by atoms with Gasteiger partial charge in [0.15, 0.2) is 0 Å². The Bertz CT molecular complexity index is 490. The minimum atomic E-state index is -4.41. The predicted molar refractivity (Wildman–Crippen MR) is 74.1 cm³/mol. The smallest absolute Gasteiger partial charge is 0.395 e. The van der Waals surface area contributed by atoms with E-state index in [9.17, 15) is 18.0 Å². The van der Waals surface area contributed by atoms with Gasteiger partial charge in [0.05, 0.1) is 19.7 Å². The molecule has 0 aliphatic heterocycles. The Morgan fingerprint density at radius 2 is 1.95 bits per heavy atom. The van der Waals surface area contributed by atoms with Gasteiger partial charge in [-0.1, -0.05) is 6.07 Å². The second kappa shape index (κ2) is 7.42. The van der Waals surface area contributed by atoms with Gasteiger partial charge in [-0.25, -0.2) is 0 Å². The maximum atomic E-state index is 12.3. The predicted octanol–water partition coefficient (Wildman–Crippen LogP) is 2.10. The molecule has 0 atom stereocenters. The number of anilines is 1. The molecule has 0 aliphatic carbocycles. The van der Waals surface area contributed by atoms with Gasteiger partial charge < -0.3 is 10.4 Å². The van der Waals surface area contributed by atoms with E-state index in [0.29, 0.717) is 5.69 Å². The number of nitrogens with zero attached hydrogens (tertiary/aromatic N) is 1. The minimum Gasteiger partial charge on any atom is -0.395 e. The Kier molecular flexibility index (Phi) is 6.17. The van der Waals surface area contributed by atoms with Crippen LogP contribution in [0.15, 0.2) is 18.2 Å². The van der Waals surface area contributed by atoms with Crippen molar-refractivity contribution in [3.63, 3.8) is 0 Å². The summed E-state index contributed by atoms with van der Waals surface area (Å²) in [6.45, 7) is 1.51. The number of hydrogen-bond donors (Lipinski definition) is 2. The van der Waals surface area contributed by atoms with Crippen LogP contribution >= 0.6 is 0 Å². The molecule has 0 aliphatic rings. The lowest BCUT2D eigenvalue weighted by Crippen LogP contribution is -2.41. The molecule has 1 aromatic carbocycles. The molecule has 0 fully saturated rings. The number of aliphatic hydroxyl groups is 1.